The molecule has 3 nitrogen and oxygen atoms in total. The molecule has 0 aliphatic carbocycles. The van der Waals surface area contributed by atoms with Crippen molar-refractivity contribution in [1.29, 1.82) is 0 Å². The number of aryl methyl sites for hydroxylation is 3. The van der Waals surface area contributed by atoms with Crippen molar-refractivity contribution in [2.75, 3.05) is 0 Å². The van der Waals surface area contributed by atoms with Crippen molar-refractivity contribution >= 4 is 16.9 Å². The van der Waals surface area contributed by atoms with Gasteiger partial charge >= 0.3 is 5.97 Å². The predicted octanol–water partition coefficient (Wildman–Crippen LogP) is 2.60. The monoisotopic (exact) mass is 229 g/mol. The van der Waals surface area contributed by atoms with Gasteiger partial charge in [0, 0.05) is 24.5 Å². The first kappa shape index (κ1) is 10.4. The minimum Gasteiger partial charge on any atom is -0.481 e. The van der Waals surface area contributed by atoms with Crippen LogP contribution in [0.5, 0.6) is 0 Å². The fourth-order valence-corrected chi connectivity index (χ4v) is 2.72. The maximum Gasteiger partial charge on any atom is 0.303 e. The lowest BCUT2D eigenvalue weighted by Gasteiger charge is -2.16. The molecule has 1 aromatic carbocycles. The first-order valence-corrected chi connectivity index (χ1v) is 6.06. The fourth-order valence-electron chi connectivity index (χ4n) is 2.72. The Labute approximate surface area is 99.7 Å². The van der Waals surface area contributed by atoms with Crippen LogP contribution >= 0.6 is 0 Å². The molecule has 0 saturated heterocycles. The van der Waals surface area contributed by atoms with Crippen LogP contribution in [0.1, 0.15) is 24.0 Å². The summed E-state index contributed by atoms with van der Waals surface area (Å²) in [5.41, 5.74) is 3.86. The van der Waals surface area contributed by atoms with E-state index in [2.05, 4.69) is 29.0 Å². The summed E-state index contributed by atoms with van der Waals surface area (Å²) in [5, 5.41) is 9.98. The quantitative estimate of drug-likeness (QED) is 0.879. The van der Waals surface area contributed by atoms with Crippen LogP contribution in [0.2, 0.25) is 0 Å². The molecule has 3 heteroatoms. The molecule has 2 heterocycles. The van der Waals surface area contributed by atoms with E-state index in [0.717, 1.165) is 18.5 Å². The van der Waals surface area contributed by atoms with Gasteiger partial charge in [0.1, 0.15) is 0 Å². The Bertz CT molecular complexity index is 583. The molecular weight excluding hydrogens is 214 g/mol. The number of hydrogen-bond acceptors (Lipinski definition) is 1. The molecule has 0 radical (unpaired) electrons. The Hall–Kier alpha value is -1.77. The summed E-state index contributed by atoms with van der Waals surface area (Å²) >= 11 is 0. The number of rotatable bonds is 3. The lowest BCUT2D eigenvalue weighted by atomic mass is 9.98. The number of carbonyl (C=O) groups is 1. The van der Waals surface area contributed by atoms with Crippen LogP contribution in [0.3, 0.4) is 0 Å². The third-order valence-electron chi connectivity index (χ3n) is 3.47. The molecule has 2 aromatic rings. The molecule has 0 atom stereocenters. The first-order valence-electron chi connectivity index (χ1n) is 6.06. The highest BCUT2D eigenvalue weighted by Gasteiger charge is 2.13. The van der Waals surface area contributed by atoms with E-state index in [9.17, 15) is 4.79 Å². The predicted molar refractivity (Wildman–Crippen MR) is 66.2 cm³/mol. The number of nitrogens with zero attached hydrogens (tertiary/aromatic N) is 1. The summed E-state index contributed by atoms with van der Waals surface area (Å²) in [4.78, 5) is 10.6. The van der Waals surface area contributed by atoms with Crippen molar-refractivity contribution in [3.05, 3.63) is 35.5 Å². The molecule has 0 amide bonds. The van der Waals surface area contributed by atoms with Crippen molar-refractivity contribution in [3.8, 4) is 0 Å². The summed E-state index contributed by atoms with van der Waals surface area (Å²) < 4.78 is 2.30. The molecule has 1 aliphatic rings. The van der Waals surface area contributed by atoms with Crippen molar-refractivity contribution in [2.24, 2.45) is 0 Å². The second-order valence-corrected chi connectivity index (χ2v) is 4.70. The van der Waals surface area contributed by atoms with Crippen molar-refractivity contribution in [1.82, 2.24) is 4.57 Å². The maximum absolute atomic E-state index is 10.6. The summed E-state index contributed by atoms with van der Waals surface area (Å²) in [6.07, 6.45) is 5.27. The van der Waals surface area contributed by atoms with Gasteiger partial charge in [-0.15, -0.1) is 0 Å². The second-order valence-electron chi connectivity index (χ2n) is 4.70. The Kier molecular flexibility index (Phi) is 2.39. The molecular formula is C14H15NO2. The first-order chi connectivity index (χ1) is 8.24. The number of aromatic nitrogens is 1. The van der Waals surface area contributed by atoms with Gasteiger partial charge in [0.15, 0.2) is 0 Å². The van der Waals surface area contributed by atoms with Gasteiger partial charge in [-0.2, -0.15) is 0 Å². The zero-order chi connectivity index (χ0) is 11.8. The molecule has 0 fully saturated rings. The van der Waals surface area contributed by atoms with E-state index in [4.69, 9.17) is 5.11 Å². The highest BCUT2D eigenvalue weighted by Crippen LogP contribution is 2.28. The molecule has 88 valence electrons. The highest BCUT2D eigenvalue weighted by molar-refractivity contribution is 5.85. The van der Waals surface area contributed by atoms with Gasteiger partial charge in [0.05, 0.1) is 5.52 Å². The van der Waals surface area contributed by atoms with Crippen LogP contribution in [0, 0.1) is 0 Å². The minimum atomic E-state index is -0.726. The van der Waals surface area contributed by atoms with Crippen LogP contribution in [0.15, 0.2) is 24.4 Å². The summed E-state index contributed by atoms with van der Waals surface area (Å²) in [5.74, 6) is -0.726. The lowest BCUT2D eigenvalue weighted by Crippen LogP contribution is -2.07. The Morgan fingerprint density at radius 2 is 2.29 bits per heavy atom. The topological polar surface area (TPSA) is 42.2 Å². The van der Waals surface area contributed by atoms with Gasteiger partial charge in [-0.05, 0) is 42.5 Å². The van der Waals surface area contributed by atoms with E-state index in [1.54, 1.807) is 0 Å². The number of carboxylic acids is 1. The lowest BCUT2D eigenvalue weighted by molar-refractivity contribution is -0.136. The molecule has 1 aliphatic heterocycles. The minimum absolute atomic E-state index is 0.214. The zero-order valence-corrected chi connectivity index (χ0v) is 9.65. The van der Waals surface area contributed by atoms with Gasteiger partial charge in [-0.1, -0.05) is 6.07 Å². The molecule has 0 saturated carbocycles. The summed E-state index contributed by atoms with van der Waals surface area (Å²) in [6.45, 7) is 1.10. The van der Waals surface area contributed by atoms with Crippen molar-refractivity contribution in [3.63, 3.8) is 0 Å². The van der Waals surface area contributed by atoms with Gasteiger partial charge < -0.3 is 9.67 Å². The Morgan fingerprint density at radius 1 is 1.41 bits per heavy atom. The summed E-state index contributed by atoms with van der Waals surface area (Å²) in [6, 6.07) is 6.44. The number of hydrogen-bond donors (Lipinski definition) is 1. The van der Waals surface area contributed by atoms with Crippen molar-refractivity contribution < 1.29 is 9.90 Å². The van der Waals surface area contributed by atoms with Crippen LogP contribution in [-0.4, -0.2) is 15.6 Å². The zero-order valence-electron chi connectivity index (χ0n) is 9.65. The van der Waals surface area contributed by atoms with Gasteiger partial charge in [-0.3, -0.25) is 4.79 Å². The standard InChI is InChI=1S/C14H15NO2/c16-13(17)4-3-10-8-11-2-1-6-15-7-5-12(9-10)14(11)15/h5,7-9H,1-4,6H2,(H,16,17). The third-order valence-corrected chi connectivity index (χ3v) is 3.47. The summed E-state index contributed by atoms with van der Waals surface area (Å²) in [7, 11) is 0. The molecule has 0 spiro atoms. The normalized spacial score (nSPS) is 14.1. The van der Waals surface area contributed by atoms with Crippen LogP contribution in [-0.2, 0) is 24.2 Å². The smallest absolute Gasteiger partial charge is 0.303 e. The van der Waals surface area contributed by atoms with E-state index < -0.39 is 5.97 Å². The van der Waals surface area contributed by atoms with Crippen LogP contribution in [0.4, 0.5) is 0 Å². The second kappa shape index (κ2) is 3.91. The molecule has 0 unspecified atom stereocenters. The van der Waals surface area contributed by atoms with E-state index in [-0.39, 0.29) is 6.42 Å². The van der Waals surface area contributed by atoms with E-state index in [0.29, 0.717) is 6.42 Å². The molecule has 1 aromatic heterocycles. The highest BCUT2D eigenvalue weighted by atomic mass is 16.4. The largest absolute Gasteiger partial charge is 0.481 e. The molecule has 1 N–H and O–H groups in total. The van der Waals surface area contributed by atoms with Crippen LogP contribution < -0.4 is 0 Å². The molecule has 0 bridgehead atoms. The average molecular weight is 229 g/mol. The SMILES string of the molecule is O=C(O)CCc1cc2c3c(ccn3CCC2)c1. The van der Waals surface area contributed by atoms with Gasteiger partial charge in [-0.25, -0.2) is 0 Å². The maximum atomic E-state index is 10.6. The third kappa shape index (κ3) is 1.82. The van der Waals surface area contributed by atoms with Gasteiger partial charge in [0.2, 0.25) is 0 Å². The van der Waals surface area contributed by atoms with E-state index in [1.165, 1.54) is 22.9 Å². The number of carboxylic acid groups (broad SMARTS) is 1. The number of benzene rings is 1. The van der Waals surface area contributed by atoms with Gasteiger partial charge in [0.25, 0.3) is 0 Å². The Morgan fingerprint density at radius 3 is 3.12 bits per heavy atom. The van der Waals surface area contributed by atoms with E-state index in [1.807, 2.05) is 0 Å². The van der Waals surface area contributed by atoms with E-state index >= 15 is 0 Å². The number of aliphatic carboxylic acids is 1. The molecule has 3 rings (SSSR count). The van der Waals surface area contributed by atoms with Crippen LogP contribution in [0.25, 0.3) is 10.9 Å². The molecule has 17 heavy (non-hydrogen) atoms. The Balaban J connectivity index is 2.02. The average Bonchev–Trinajstić information content (AvgIpc) is 2.72. The fraction of sp³-hybridized carbons (Fsp3) is 0.357. The van der Waals surface area contributed by atoms with Crippen molar-refractivity contribution in [2.45, 2.75) is 32.2 Å².